The van der Waals surface area contributed by atoms with Crippen molar-refractivity contribution in [3.63, 3.8) is 0 Å². The van der Waals surface area contributed by atoms with Crippen LogP contribution in [0.2, 0.25) is 0 Å². The first kappa shape index (κ1) is 16.5. The number of ether oxygens (including phenoxy) is 1. The van der Waals surface area contributed by atoms with E-state index in [1.807, 2.05) is 6.07 Å². The van der Waals surface area contributed by atoms with Gasteiger partial charge in [-0.25, -0.2) is 9.78 Å². The molecule has 2 heterocycles. The highest BCUT2D eigenvalue weighted by Gasteiger charge is 2.20. The molecule has 5 heteroatoms. The number of carbonyl (C=O) groups is 1. The number of nitrogens with one attached hydrogen (secondary N) is 2. The van der Waals surface area contributed by atoms with Gasteiger partial charge in [0.2, 0.25) is 0 Å². The van der Waals surface area contributed by atoms with E-state index < -0.39 is 0 Å². The molecule has 0 bridgehead atoms. The first-order valence-electron chi connectivity index (χ1n) is 8.71. The molecule has 0 atom stereocenters. The number of hydrogen-bond donors (Lipinski definition) is 2. The summed E-state index contributed by atoms with van der Waals surface area (Å²) in [5, 5.41) is 7.70. The van der Waals surface area contributed by atoms with Gasteiger partial charge in [0, 0.05) is 11.6 Å². The lowest BCUT2D eigenvalue weighted by molar-refractivity contribution is 0.000731. The fraction of sp³-hybridized carbons (Fsp3) is 0.238. The first-order chi connectivity index (χ1) is 12.6. The van der Waals surface area contributed by atoms with Crippen LogP contribution in [0, 0.1) is 13.8 Å². The minimum absolute atomic E-state index is 0.0931. The Balaban J connectivity index is 1.57. The van der Waals surface area contributed by atoms with Gasteiger partial charge in [-0.1, -0.05) is 35.9 Å². The fourth-order valence-corrected chi connectivity index (χ4v) is 3.08. The molecular weight excluding hydrogens is 326 g/mol. The number of aryl methyl sites for hydroxylation is 2. The largest absolute Gasteiger partial charge is 0.377 e. The number of amides is 2. The first-order valence-corrected chi connectivity index (χ1v) is 8.71. The molecule has 26 heavy (non-hydrogen) atoms. The zero-order chi connectivity index (χ0) is 18.1. The smallest absolute Gasteiger partial charge is 0.320 e. The molecule has 2 aromatic carbocycles. The number of rotatable bonds is 3. The second kappa shape index (κ2) is 6.77. The molecule has 1 fully saturated rings. The van der Waals surface area contributed by atoms with Crippen LogP contribution >= 0.6 is 0 Å². The summed E-state index contributed by atoms with van der Waals surface area (Å²) in [6.07, 6.45) is 1.80. The average Bonchev–Trinajstić information content (AvgIpc) is 2.60. The van der Waals surface area contributed by atoms with Crippen molar-refractivity contribution in [3.05, 3.63) is 59.8 Å². The molecule has 1 aliphatic heterocycles. The van der Waals surface area contributed by atoms with E-state index in [0.29, 0.717) is 19.0 Å². The summed E-state index contributed by atoms with van der Waals surface area (Å²) in [4.78, 5) is 16.3. The third kappa shape index (κ3) is 3.39. The van der Waals surface area contributed by atoms with Crippen molar-refractivity contribution < 1.29 is 9.53 Å². The number of benzene rings is 2. The second-order valence-corrected chi connectivity index (χ2v) is 6.78. The van der Waals surface area contributed by atoms with Crippen LogP contribution in [0.5, 0.6) is 0 Å². The van der Waals surface area contributed by atoms with Crippen LogP contribution in [-0.4, -0.2) is 30.3 Å². The van der Waals surface area contributed by atoms with Crippen LogP contribution in [0.15, 0.2) is 48.7 Å². The lowest BCUT2D eigenvalue weighted by Gasteiger charge is -2.26. The van der Waals surface area contributed by atoms with Gasteiger partial charge in [0.1, 0.15) is 5.82 Å². The molecule has 1 aliphatic rings. The monoisotopic (exact) mass is 347 g/mol. The Morgan fingerprint density at radius 1 is 1.08 bits per heavy atom. The highest BCUT2D eigenvalue weighted by atomic mass is 16.5. The van der Waals surface area contributed by atoms with Crippen molar-refractivity contribution in [2.24, 2.45) is 0 Å². The molecule has 1 saturated heterocycles. The van der Waals surface area contributed by atoms with Gasteiger partial charge in [0.25, 0.3) is 0 Å². The molecule has 2 N–H and O–H groups in total. The number of hydrogen-bond acceptors (Lipinski definition) is 3. The molecule has 3 aromatic rings. The van der Waals surface area contributed by atoms with Gasteiger partial charge < -0.3 is 10.1 Å². The molecule has 0 radical (unpaired) electrons. The van der Waals surface area contributed by atoms with Crippen molar-refractivity contribution in [2.75, 3.05) is 18.5 Å². The van der Waals surface area contributed by atoms with E-state index in [1.165, 1.54) is 22.3 Å². The maximum absolute atomic E-state index is 11.9. The average molecular weight is 347 g/mol. The Morgan fingerprint density at radius 2 is 1.92 bits per heavy atom. The molecule has 132 valence electrons. The van der Waals surface area contributed by atoms with Crippen molar-refractivity contribution in [1.82, 2.24) is 10.3 Å². The summed E-state index contributed by atoms with van der Waals surface area (Å²) < 4.78 is 5.05. The van der Waals surface area contributed by atoms with E-state index in [-0.39, 0.29) is 12.1 Å². The zero-order valence-corrected chi connectivity index (χ0v) is 14.9. The van der Waals surface area contributed by atoms with E-state index >= 15 is 0 Å². The SMILES string of the molecule is Cc1ccc(C)c(-c2ccc3cc(NC(=O)NC4COC4)ncc3c2)c1. The summed E-state index contributed by atoms with van der Waals surface area (Å²) in [5.74, 6) is 0.537. The molecule has 1 aromatic heterocycles. The number of fused-ring (bicyclic) bond motifs is 1. The standard InChI is InChI=1S/C21H21N3O2/c1-13-3-4-14(2)19(7-13)16-6-5-15-9-20(22-10-17(15)8-16)24-21(25)23-18-11-26-12-18/h3-10,18H,11-12H2,1-2H3,(H2,22,23,24,25). The van der Waals surface area contributed by atoms with Crippen molar-refractivity contribution in [3.8, 4) is 11.1 Å². The molecule has 0 saturated carbocycles. The Morgan fingerprint density at radius 3 is 2.69 bits per heavy atom. The molecule has 0 spiro atoms. The third-order valence-electron chi connectivity index (χ3n) is 4.64. The number of carbonyl (C=O) groups excluding carboxylic acids is 1. The third-order valence-corrected chi connectivity index (χ3v) is 4.64. The number of anilines is 1. The fourth-order valence-electron chi connectivity index (χ4n) is 3.08. The summed E-state index contributed by atoms with van der Waals surface area (Å²) in [6, 6.07) is 14.5. The van der Waals surface area contributed by atoms with E-state index in [4.69, 9.17) is 4.74 Å². The number of aromatic nitrogens is 1. The summed E-state index contributed by atoms with van der Waals surface area (Å²) >= 11 is 0. The second-order valence-electron chi connectivity index (χ2n) is 6.78. The summed E-state index contributed by atoms with van der Waals surface area (Å²) in [6.45, 7) is 5.36. The van der Waals surface area contributed by atoms with Crippen LogP contribution in [0.1, 0.15) is 11.1 Å². The number of pyridine rings is 1. The lowest BCUT2D eigenvalue weighted by atomic mass is 9.97. The van der Waals surface area contributed by atoms with Gasteiger partial charge in [-0.3, -0.25) is 5.32 Å². The molecular formula is C21H21N3O2. The van der Waals surface area contributed by atoms with E-state index in [9.17, 15) is 4.79 Å². The Hall–Kier alpha value is -2.92. The summed E-state index contributed by atoms with van der Waals surface area (Å²) in [5.41, 5.74) is 4.89. The highest BCUT2D eigenvalue weighted by molar-refractivity contribution is 5.93. The van der Waals surface area contributed by atoms with E-state index in [1.54, 1.807) is 6.20 Å². The van der Waals surface area contributed by atoms with Crippen molar-refractivity contribution in [2.45, 2.75) is 19.9 Å². The van der Waals surface area contributed by atoms with Crippen molar-refractivity contribution >= 4 is 22.6 Å². The topological polar surface area (TPSA) is 63.2 Å². The number of urea groups is 1. The maximum atomic E-state index is 11.9. The van der Waals surface area contributed by atoms with Crippen molar-refractivity contribution in [1.29, 1.82) is 0 Å². The van der Waals surface area contributed by atoms with Gasteiger partial charge >= 0.3 is 6.03 Å². The van der Waals surface area contributed by atoms with E-state index in [0.717, 1.165) is 10.8 Å². The Labute approximate surface area is 152 Å². The van der Waals surface area contributed by atoms with Crippen LogP contribution < -0.4 is 10.6 Å². The lowest BCUT2D eigenvalue weighted by Crippen LogP contribution is -2.50. The normalized spacial score (nSPS) is 14.1. The molecule has 4 rings (SSSR count). The molecule has 0 aliphatic carbocycles. The predicted octanol–water partition coefficient (Wildman–Crippen LogP) is 4.04. The van der Waals surface area contributed by atoms with Crippen LogP contribution in [0.3, 0.4) is 0 Å². The van der Waals surface area contributed by atoms with Crippen LogP contribution in [0.25, 0.3) is 21.9 Å². The summed E-state index contributed by atoms with van der Waals surface area (Å²) in [7, 11) is 0. The van der Waals surface area contributed by atoms with E-state index in [2.05, 4.69) is 65.9 Å². The van der Waals surface area contributed by atoms with Gasteiger partial charge in [0.05, 0.1) is 19.3 Å². The van der Waals surface area contributed by atoms with Gasteiger partial charge in [0.15, 0.2) is 0 Å². The highest BCUT2D eigenvalue weighted by Crippen LogP contribution is 2.28. The van der Waals surface area contributed by atoms with Crippen LogP contribution in [-0.2, 0) is 4.74 Å². The minimum atomic E-state index is -0.253. The Kier molecular flexibility index (Phi) is 4.31. The predicted molar refractivity (Wildman–Crippen MR) is 103 cm³/mol. The van der Waals surface area contributed by atoms with Gasteiger partial charge in [-0.05, 0) is 48.1 Å². The van der Waals surface area contributed by atoms with Gasteiger partial charge in [-0.2, -0.15) is 0 Å². The van der Waals surface area contributed by atoms with Gasteiger partial charge in [-0.15, -0.1) is 0 Å². The molecule has 5 nitrogen and oxygen atoms in total. The minimum Gasteiger partial charge on any atom is -0.377 e. The Bertz CT molecular complexity index is 980. The number of nitrogens with zero attached hydrogens (tertiary/aromatic N) is 1. The molecule has 2 amide bonds. The molecule has 0 unspecified atom stereocenters. The maximum Gasteiger partial charge on any atom is 0.320 e. The van der Waals surface area contributed by atoms with Crippen LogP contribution in [0.4, 0.5) is 10.6 Å². The zero-order valence-electron chi connectivity index (χ0n) is 14.9. The quantitative estimate of drug-likeness (QED) is 0.752.